The number of hydrogen-bond donors (Lipinski definition) is 0. The summed E-state index contributed by atoms with van der Waals surface area (Å²) in [5.41, 5.74) is 1.85. The molecule has 0 saturated carbocycles. The Balaban J connectivity index is 2.68. The number of hydrogen-bond acceptors (Lipinski definition) is 2. The molecule has 0 saturated heterocycles. The summed E-state index contributed by atoms with van der Waals surface area (Å²) < 4.78 is 2.68. The molecule has 0 fully saturated rings. The monoisotopic (exact) mass is 292 g/mol. The Kier molecular flexibility index (Phi) is 4.80. The fourth-order valence-corrected chi connectivity index (χ4v) is 2.02. The SMILES string of the molecule is Cc1nn(C)c(CC(=O)CCCCl)c1Br. The van der Waals surface area contributed by atoms with Gasteiger partial charge in [0.05, 0.1) is 15.9 Å². The highest BCUT2D eigenvalue weighted by atomic mass is 79.9. The second kappa shape index (κ2) is 5.66. The number of aryl methyl sites for hydroxylation is 2. The number of rotatable bonds is 5. The molecule has 5 heteroatoms. The number of nitrogens with zero attached hydrogens (tertiary/aromatic N) is 2. The van der Waals surface area contributed by atoms with Gasteiger partial charge in [-0.2, -0.15) is 5.10 Å². The predicted octanol–water partition coefficient (Wildman–Crippen LogP) is 2.62. The van der Waals surface area contributed by atoms with Crippen LogP contribution in [0.4, 0.5) is 0 Å². The molecule has 3 nitrogen and oxygen atoms in total. The summed E-state index contributed by atoms with van der Waals surface area (Å²) in [4.78, 5) is 11.6. The van der Waals surface area contributed by atoms with Crippen molar-refractivity contribution in [1.29, 1.82) is 0 Å². The van der Waals surface area contributed by atoms with E-state index in [2.05, 4.69) is 21.0 Å². The lowest BCUT2D eigenvalue weighted by Gasteiger charge is -2.01. The highest BCUT2D eigenvalue weighted by molar-refractivity contribution is 9.10. The van der Waals surface area contributed by atoms with Gasteiger partial charge < -0.3 is 0 Å². The first-order valence-electron chi connectivity index (χ1n) is 4.82. The van der Waals surface area contributed by atoms with E-state index in [1.165, 1.54) is 0 Å². The molecule has 0 aliphatic carbocycles. The van der Waals surface area contributed by atoms with Gasteiger partial charge in [-0.25, -0.2) is 0 Å². The van der Waals surface area contributed by atoms with Crippen molar-refractivity contribution in [2.45, 2.75) is 26.2 Å². The maximum atomic E-state index is 11.6. The van der Waals surface area contributed by atoms with Crippen LogP contribution in [0.25, 0.3) is 0 Å². The summed E-state index contributed by atoms with van der Waals surface area (Å²) in [5.74, 6) is 0.747. The molecule has 0 atom stereocenters. The Bertz CT molecular complexity index is 363. The van der Waals surface area contributed by atoms with Gasteiger partial charge in [0.15, 0.2) is 0 Å². The number of carbonyl (C=O) groups excluding carboxylic acids is 1. The second-order valence-corrected chi connectivity index (χ2v) is 4.65. The molecular formula is C10H14BrClN2O. The second-order valence-electron chi connectivity index (χ2n) is 3.48. The molecule has 84 valence electrons. The maximum Gasteiger partial charge on any atom is 0.138 e. The lowest BCUT2D eigenvalue weighted by Crippen LogP contribution is -2.08. The average molecular weight is 294 g/mol. The van der Waals surface area contributed by atoms with E-state index in [4.69, 9.17) is 11.6 Å². The molecule has 0 N–H and O–H groups in total. The standard InChI is InChI=1S/C10H14BrClN2O/c1-7-10(11)9(14(2)13-7)6-8(15)4-3-5-12/h3-6H2,1-2H3. The van der Waals surface area contributed by atoms with E-state index in [-0.39, 0.29) is 5.78 Å². The zero-order valence-corrected chi connectivity index (χ0v) is 11.2. The Morgan fingerprint density at radius 2 is 2.27 bits per heavy atom. The van der Waals surface area contributed by atoms with E-state index in [9.17, 15) is 4.79 Å². The van der Waals surface area contributed by atoms with Crippen LogP contribution in [-0.2, 0) is 18.3 Å². The average Bonchev–Trinajstić information content (AvgIpc) is 2.42. The smallest absolute Gasteiger partial charge is 0.138 e. The molecule has 1 aromatic heterocycles. The van der Waals surface area contributed by atoms with Crippen molar-refractivity contribution in [2.75, 3.05) is 5.88 Å². The van der Waals surface area contributed by atoms with Crippen molar-refractivity contribution in [3.05, 3.63) is 15.9 Å². The topological polar surface area (TPSA) is 34.9 Å². The minimum atomic E-state index is 0.208. The summed E-state index contributed by atoms with van der Waals surface area (Å²) in [7, 11) is 1.85. The van der Waals surface area contributed by atoms with Crippen LogP contribution < -0.4 is 0 Å². The molecular weight excluding hydrogens is 279 g/mol. The fraction of sp³-hybridized carbons (Fsp3) is 0.600. The Hall–Kier alpha value is -0.350. The van der Waals surface area contributed by atoms with Crippen molar-refractivity contribution in [1.82, 2.24) is 9.78 Å². The number of ketones is 1. The zero-order valence-electron chi connectivity index (χ0n) is 8.89. The van der Waals surface area contributed by atoms with Crippen molar-refractivity contribution >= 4 is 33.3 Å². The van der Waals surface area contributed by atoms with E-state index in [1.54, 1.807) is 4.68 Å². The molecule has 0 spiro atoms. The Labute approximate surface area is 103 Å². The van der Waals surface area contributed by atoms with Crippen LogP contribution in [0.5, 0.6) is 0 Å². The molecule has 0 aliphatic rings. The third kappa shape index (κ3) is 3.31. The highest BCUT2D eigenvalue weighted by Crippen LogP contribution is 2.21. The molecule has 0 aliphatic heterocycles. The minimum absolute atomic E-state index is 0.208. The molecule has 1 rings (SSSR count). The summed E-state index contributed by atoms with van der Waals surface area (Å²) in [6, 6.07) is 0. The first kappa shape index (κ1) is 12.7. The number of alkyl halides is 1. The molecule has 15 heavy (non-hydrogen) atoms. The third-order valence-corrected chi connectivity index (χ3v) is 3.51. The Morgan fingerprint density at radius 3 is 2.73 bits per heavy atom. The quantitative estimate of drug-likeness (QED) is 0.782. The minimum Gasteiger partial charge on any atom is -0.299 e. The number of carbonyl (C=O) groups is 1. The normalized spacial score (nSPS) is 10.7. The van der Waals surface area contributed by atoms with Crippen LogP contribution in [-0.4, -0.2) is 21.4 Å². The van der Waals surface area contributed by atoms with Gasteiger partial charge in [-0.05, 0) is 29.3 Å². The van der Waals surface area contributed by atoms with Crippen molar-refractivity contribution < 1.29 is 4.79 Å². The third-order valence-electron chi connectivity index (χ3n) is 2.22. The van der Waals surface area contributed by atoms with Crippen LogP contribution in [0.15, 0.2) is 4.47 Å². The molecule has 0 unspecified atom stereocenters. The van der Waals surface area contributed by atoms with Crippen LogP contribution in [0.1, 0.15) is 24.2 Å². The largest absolute Gasteiger partial charge is 0.299 e. The van der Waals surface area contributed by atoms with Crippen LogP contribution in [0.3, 0.4) is 0 Å². The van der Waals surface area contributed by atoms with E-state index in [0.29, 0.717) is 18.7 Å². The summed E-state index contributed by atoms with van der Waals surface area (Å²) in [5, 5.41) is 4.24. The fourth-order valence-electron chi connectivity index (χ4n) is 1.41. The molecule has 1 aromatic rings. The predicted molar refractivity (Wildman–Crippen MR) is 64.3 cm³/mol. The number of Topliss-reactive ketones (excluding diaryl/α,β-unsaturated/α-hetero) is 1. The maximum absolute atomic E-state index is 11.6. The van der Waals surface area contributed by atoms with Gasteiger partial charge in [0.25, 0.3) is 0 Å². The summed E-state index contributed by atoms with van der Waals surface area (Å²) in [6.45, 7) is 1.91. The van der Waals surface area contributed by atoms with Crippen molar-refractivity contribution in [2.24, 2.45) is 7.05 Å². The number of aromatic nitrogens is 2. The van der Waals surface area contributed by atoms with Crippen molar-refractivity contribution in [3.8, 4) is 0 Å². The molecule has 0 bridgehead atoms. The van der Waals surface area contributed by atoms with E-state index < -0.39 is 0 Å². The first-order chi connectivity index (χ1) is 7.06. The lowest BCUT2D eigenvalue weighted by molar-refractivity contribution is -0.118. The van der Waals surface area contributed by atoms with E-state index in [1.807, 2.05) is 14.0 Å². The molecule has 0 aromatic carbocycles. The van der Waals surface area contributed by atoms with Crippen LogP contribution in [0.2, 0.25) is 0 Å². The van der Waals surface area contributed by atoms with Gasteiger partial charge in [-0.15, -0.1) is 11.6 Å². The van der Waals surface area contributed by atoms with Gasteiger partial charge >= 0.3 is 0 Å². The van der Waals surface area contributed by atoms with Gasteiger partial charge in [0.2, 0.25) is 0 Å². The van der Waals surface area contributed by atoms with Gasteiger partial charge in [-0.1, -0.05) is 0 Å². The van der Waals surface area contributed by atoms with Gasteiger partial charge in [0.1, 0.15) is 5.78 Å². The zero-order chi connectivity index (χ0) is 11.4. The number of halogens is 2. The first-order valence-corrected chi connectivity index (χ1v) is 6.14. The van der Waals surface area contributed by atoms with E-state index in [0.717, 1.165) is 22.3 Å². The molecule has 1 heterocycles. The Morgan fingerprint density at radius 1 is 1.60 bits per heavy atom. The van der Waals surface area contributed by atoms with E-state index >= 15 is 0 Å². The molecule has 0 amide bonds. The summed E-state index contributed by atoms with van der Waals surface area (Å²) >= 11 is 8.97. The molecule has 0 radical (unpaired) electrons. The van der Waals surface area contributed by atoms with Crippen LogP contribution in [0, 0.1) is 6.92 Å². The highest BCUT2D eigenvalue weighted by Gasteiger charge is 2.13. The van der Waals surface area contributed by atoms with Gasteiger partial charge in [-0.3, -0.25) is 9.48 Å². The lowest BCUT2D eigenvalue weighted by atomic mass is 10.1. The summed E-state index contributed by atoms with van der Waals surface area (Å²) in [6.07, 6.45) is 1.71. The van der Waals surface area contributed by atoms with Gasteiger partial charge in [0, 0.05) is 25.8 Å². The van der Waals surface area contributed by atoms with Crippen LogP contribution >= 0.6 is 27.5 Å². The van der Waals surface area contributed by atoms with Crippen molar-refractivity contribution in [3.63, 3.8) is 0 Å².